The second-order valence-corrected chi connectivity index (χ2v) is 5.24. The molecule has 0 aliphatic heterocycles. The van der Waals surface area contributed by atoms with Gasteiger partial charge in [0.25, 0.3) is 0 Å². The molecule has 78 valence electrons. The molecule has 0 saturated carbocycles. The summed E-state index contributed by atoms with van der Waals surface area (Å²) >= 11 is 7.24. The fourth-order valence-electron chi connectivity index (χ4n) is 0.885. The van der Waals surface area contributed by atoms with Crippen molar-refractivity contribution in [1.82, 2.24) is 9.97 Å². The van der Waals surface area contributed by atoms with E-state index in [-0.39, 0.29) is 9.90 Å². The van der Waals surface area contributed by atoms with Crippen LogP contribution in [-0.4, -0.2) is 16.2 Å². The van der Waals surface area contributed by atoms with Gasteiger partial charge in [0.2, 0.25) is 0 Å². The Hall–Kier alpha value is -0.350. The summed E-state index contributed by atoms with van der Waals surface area (Å²) in [6, 6.07) is 0. The Morgan fingerprint density at radius 1 is 1.36 bits per heavy atom. The van der Waals surface area contributed by atoms with Crippen LogP contribution < -0.4 is 0 Å². The van der Waals surface area contributed by atoms with Crippen LogP contribution in [0.4, 0.5) is 4.39 Å². The van der Waals surface area contributed by atoms with Crippen molar-refractivity contribution in [3.8, 4) is 0 Å². The maximum atomic E-state index is 13.1. The number of aryl methyl sites for hydroxylation is 1. The lowest BCUT2D eigenvalue weighted by Crippen LogP contribution is -2.17. The van der Waals surface area contributed by atoms with E-state index in [9.17, 15) is 4.39 Å². The average Bonchev–Trinajstić information content (AvgIpc) is 2.13. The summed E-state index contributed by atoms with van der Waals surface area (Å²) in [5.41, 5.74) is 0.294. The van der Waals surface area contributed by atoms with Crippen LogP contribution in [0, 0.1) is 12.7 Å². The molecule has 0 amide bonds. The first kappa shape index (κ1) is 11.7. The molecule has 0 fully saturated rings. The molecule has 5 heteroatoms. The highest BCUT2D eigenvalue weighted by molar-refractivity contribution is 7.99. The zero-order valence-corrected chi connectivity index (χ0v) is 10.1. The summed E-state index contributed by atoms with van der Waals surface area (Å²) in [6.07, 6.45) is 1.95. The predicted octanol–water partition coefficient (Wildman–Crippen LogP) is 3.18. The van der Waals surface area contributed by atoms with Crippen molar-refractivity contribution in [2.75, 3.05) is 6.26 Å². The topological polar surface area (TPSA) is 25.8 Å². The number of halogens is 2. The Balaban J connectivity index is 3.26. The average molecular weight is 235 g/mol. The van der Waals surface area contributed by atoms with Crippen LogP contribution in [0.5, 0.6) is 0 Å². The zero-order chi connectivity index (χ0) is 10.9. The van der Waals surface area contributed by atoms with Crippen LogP contribution in [0.2, 0.25) is 5.15 Å². The molecule has 0 saturated heterocycles. The highest BCUT2D eigenvalue weighted by Crippen LogP contribution is 2.32. The predicted molar refractivity (Wildman–Crippen MR) is 58.3 cm³/mol. The monoisotopic (exact) mass is 234 g/mol. The van der Waals surface area contributed by atoms with E-state index >= 15 is 0 Å². The summed E-state index contributed by atoms with van der Waals surface area (Å²) in [6.45, 7) is 5.53. The first-order valence-corrected chi connectivity index (χ1v) is 5.74. The van der Waals surface area contributed by atoms with E-state index in [2.05, 4.69) is 9.97 Å². The maximum Gasteiger partial charge on any atom is 0.181 e. The lowest BCUT2D eigenvalue weighted by atomic mass is 10.2. The number of aromatic nitrogens is 2. The van der Waals surface area contributed by atoms with Gasteiger partial charge < -0.3 is 0 Å². The van der Waals surface area contributed by atoms with Gasteiger partial charge in [0.05, 0.1) is 10.4 Å². The molecule has 1 aromatic heterocycles. The first-order chi connectivity index (χ1) is 6.38. The van der Waals surface area contributed by atoms with E-state index in [1.165, 1.54) is 0 Å². The minimum atomic E-state index is -0.535. The minimum absolute atomic E-state index is 0.102. The van der Waals surface area contributed by atoms with Crippen molar-refractivity contribution in [2.45, 2.75) is 25.5 Å². The number of thioether (sulfide) groups is 1. The summed E-state index contributed by atoms with van der Waals surface area (Å²) in [5.74, 6) is 0.0289. The molecule has 1 rings (SSSR count). The van der Waals surface area contributed by atoms with Crippen LogP contribution in [0.25, 0.3) is 0 Å². The van der Waals surface area contributed by atoms with Crippen molar-refractivity contribution in [1.29, 1.82) is 0 Å². The molecule has 0 unspecified atom stereocenters. The molecule has 0 aliphatic carbocycles. The highest BCUT2D eigenvalue weighted by atomic mass is 35.5. The quantitative estimate of drug-likeness (QED) is 0.735. The fourth-order valence-corrected chi connectivity index (χ4v) is 1.38. The molecule has 0 atom stereocenters. The summed E-state index contributed by atoms with van der Waals surface area (Å²) in [7, 11) is 0. The smallest absolute Gasteiger partial charge is 0.181 e. The Bertz CT molecular complexity index is 332. The Labute approximate surface area is 92.3 Å². The maximum absolute atomic E-state index is 13.1. The van der Waals surface area contributed by atoms with E-state index in [1.54, 1.807) is 18.7 Å². The van der Waals surface area contributed by atoms with Crippen LogP contribution >= 0.6 is 23.4 Å². The first-order valence-electron chi connectivity index (χ1n) is 4.13. The number of nitrogens with zero attached hydrogens (tertiary/aromatic N) is 2. The molecule has 0 N–H and O–H groups in total. The Kier molecular flexibility index (Phi) is 3.37. The second kappa shape index (κ2) is 4.03. The number of hydrogen-bond acceptors (Lipinski definition) is 3. The highest BCUT2D eigenvalue weighted by Gasteiger charge is 2.24. The van der Waals surface area contributed by atoms with Gasteiger partial charge in [-0.3, -0.25) is 0 Å². The largest absolute Gasteiger partial charge is 0.234 e. The van der Waals surface area contributed by atoms with E-state index in [4.69, 9.17) is 11.6 Å². The van der Waals surface area contributed by atoms with E-state index in [0.29, 0.717) is 11.5 Å². The van der Waals surface area contributed by atoms with E-state index in [1.807, 2.05) is 20.1 Å². The Morgan fingerprint density at radius 2 is 1.93 bits per heavy atom. The van der Waals surface area contributed by atoms with E-state index in [0.717, 1.165) is 0 Å². The van der Waals surface area contributed by atoms with Crippen molar-refractivity contribution in [3.63, 3.8) is 0 Å². The molecule has 0 aromatic carbocycles. The summed E-state index contributed by atoms with van der Waals surface area (Å²) in [5, 5.41) is -0.102. The third kappa shape index (κ3) is 2.17. The third-order valence-corrected chi connectivity index (χ3v) is 3.48. The van der Waals surface area contributed by atoms with Crippen LogP contribution in [0.1, 0.15) is 25.4 Å². The van der Waals surface area contributed by atoms with Crippen molar-refractivity contribution < 1.29 is 4.39 Å². The molecule has 14 heavy (non-hydrogen) atoms. The van der Waals surface area contributed by atoms with E-state index < -0.39 is 5.82 Å². The van der Waals surface area contributed by atoms with Gasteiger partial charge in [-0.05, 0) is 27.0 Å². The molecule has 0 bridgehead atoms. The molecular weight excluding hydrogens is 223 g/mol. The van der Waals surface area contributed by atoms with Gasteiger partial charge in [0, 0.05) is 0 Å². The van der Waals surface area contributed by atoms with Gasteiger partial charge in [-0.15, -0.1) is 0 Å². The minimum Gasteiger partial charge on any atom is -0.234 e. The number of hydrogen-bond donors (Lipinski definition) is 0. The molecule has 2 nitrogen and oxygen atoms in total. The molecular formula is C9H12ClFN2S. The van der Waals surface area contributed by atoms with Gasteiger partial charge in [-0.25, -0.2) is 14.4 Å². The molecule has 1 heterocycles. The third-order valence-electron chi connectivity index (χ3n) is 2.03. The Morgan fingerprint density at radius 3 is 2.36 bits per heavy atom. The summed E-state index contributed by atoms with van der Waals surface area (Å²) in [4.78, 5) is 8.02. The zero-order valence-electron chi connectivity index (χ0n) is 8.56. The SMILES string of the molecule is CSC(C)(C)c1nc(C)c(F)c(Cl)n1. The fraction of sp³-hybridized carbons (Fsp3) is 0.556. The van der Waals surface area contributed by atoms with Gasteiger partial charge >= 0.3 is 0 Å². The standard InChI is InChI=1S/C9H12ClFN2S/c1-5-6(11)7(10)13-8(12-5)9(2,3)14-4/h1-4H3. The number of rotatable bonds is 2. The van der Waals surface area contributed by atoms with Gasteiger partial charge in [-0.1, -0.05) is 11.6 Å². The van der Waals surface area contributed by atoms with Crippen molar-refractivity contribution in [2.24, 2.45) is 0 Å². The van der Waals surface area contributed by atoms with Crippen LogP contribution in [0.3, 0.4) is 0 Å². The molecule has 1 aromatic rings. The lowest BCUT2D eigenvalue weighted by molar-refractivity contribution is 0.586. The second-order valence-electron chi connectivity index (χ2n) is 3.45. The van der Waals surface area contributed by atoms with Crippen molar-refractivity contribution in [3.05, 3.63) is 22.5 Å². The van der Waals surface area contributed by atoms with Gasteiger partial charge in [0.15, 0.2) is 11.0 Å². The lowest BCUT2D eigenvalue weighted by Gasteiger charge is -2.20. The van der Waals surface area contributed by atoms with Gasteiger partial charge in [-0.2, -0.15) is 11.8 Å². The van der Waals surface area contributed by atoms with Crippen LogP contribution in [0.15, 0.2) is 0 Å². The van der Waals surface area contributed by atoms with Gasteiger partial charge in [0.1, 0.15) is 5.82 Å². The molecule has 0 spiro atoms. The molecule has 0 radical (unpaired) electrons. The molecule has 0 aliphatic rings. The van der Waals surface area contributed by atoms with Crippen molar-refractivity contribution >= 4 is 23.4 Å². The van der Waals surface area contributed by atoms with Crippen LogP contribution in [-0.2, 0) is 4.75 Å². The summed E-state index contributed by atoms with van der Waals surface area (Å²) < 4.78 is 12.9. The normalized spacial score (nSPS) is 11.9.